The van der Waals surface area contributed by atoms with Crippen LogP contribution in [-0.4, -0.2) is 43.6 Å². The number of amides is 1. The summed E-state index contributed by atoms with van der Waals surface area (Å²) < 4.78 is 0. The number of carbonyl (C=O) groups is 1. The number of hydrogen-bond acceptors (Lipinski definition) is 8. The maximum Gasteiger partial charge on any atom is 0.248 e. The summed E-state index contributed by atoms with van der Waals surface area (Å²) in [5.41, 5.74) is 3.46. The van der Waals surface area contributed by atoms with Crippen molar-refractivity contribution in [2.45, 2.75) is 70.3 Å². The number of hydrogen-bond donors (Lipinski definition) is 3. The molecule has 34 heavy (non-hydrogen) atoms. The second kappa shape index (κ2) is 8.98. The molecule has 1 aliphatic heterocycles. The molecular weight excluding hydrogens is 448 g/mol. The maximum atomic E-state index is 13.0. The molecule has 178 valence electrons. The van der Waals surface area contributed by atoms with Gasteiger partial charge in [0.1, 0.15) is 11.9 Å². The number of aromatic nitrogens is 5. The van der Waals surface area contributed by atoms with Crippen molar-refractivity contribution in [1.29, 1.82) is 0 Å². The molecule has 2 atom stereocenters. The molecule has 0 aromatic carbocycles. The average molecular weight is 479 g/mol. The molecular formula is C24H30N8OS. The van der Waals surface area contributed by atoms with Crippen molar-refractivity contribution in [3.05, 3.63) is 34.6 Å². The van der Waals surface area contributed by atoms with Crippen LogP contribution < -0.4 is 15.5 Å². The first-order valence-electron chi connectivity index (χ1n) is 12.3. The predicted molar refractivity (Wildman–Crippen MR) is 133 cm³/mol. The van der Waals surface area contributed by atoms with Crippen molar-refractivity contribution >= 4 is 40.0 Å². The number of anilines is 4. The molecule has 2 aliphatic carbocycles. The van der Waals surface area contributed by atoms with E-state index in [4.69, 9.17) is 9.97 Å². The van der Waals surface area contributed by atoms with E-state index >= 15 is 0 Å². The predicted octanol–water partition coefficient (Wildman–Crippen LogP) is 4.40. The first kappa shape index (κ1) is 21.5. The Morgan fingerprint density at radius 1 is 1.18 bits per heavy atom. The average Bonchev–Trinajstić information content (AvgIpc) is 3.64. The maximum absolute atomic E-state index is 13.0. The van der Waals surface area contributed by atoms with Crippen molar-refractivity contribution in [2.75, 3.05) is 22.1 Å². The van der Waals surface area contributed by atoms with Gasteiger partial charge in [0.25, 0.3) is 0 Å². The molecule has 1 unspecified atom stereocenters. The highest BCUT2D eigenvalue weighted by Gasteiger charge is 2.35. The first-order valence-corrected chi connectivity index (χ1v) is 13.2. The molecule has 0 radical (unpaired) electrons. The summed E-state index contributed by atoms with van der Waals surface area (Å²) in [4.78, 5) is 29.1. The number of nitrogens with one attached hydrogen (secondary N) is 3. The Bertz CT molecular complexity index is 1170. The molecule has 0 spiro atoms. The van der Waals surface area contributed by atoms with Crippen LogP contribution in [0.4, 0.5) is 22.7 Å². The molecule has 2 fully saturated rings. The van der Waals surface area contributed by atoms with E-state index in [9.17, 15) is 4.79 Å². The van der Waals surface area contributed by atoms with Crippen LogP contribution in [0.25, 0.3) is 0 Å². The van der Waals surface area contributed by atoms with E-state index in [0.717, 1.165) is 49.6 Å². The smallest absolute Gasteiger partial charge is 0.248 e. The van der Waals surface area contributed by atoms with Crippen LogP contribution >= 0.6 is 11.3 Å². The topological polar surface area (TPSA) is 112 Å². The van der Waals surface area contributed by atoms with E-state index in [1.807, 2.05) is 10.3 Å². The molecule has 3 aromatic heterocycles. The Morgan fingerprint density at radius 2 is 2.06 bits per heavy atom. The summed E-state index contributed by atoms with van der Waals surface area (Å²) in [7, 11) is 0. The van der Waals surface area contributed by atoms with E-state index in [-0.39, 0.29) is 11.9 Å². The minimum absolute atomic E-state index is 0.0482. The van der Waals surface area contributed by atoms with Gasteiger partial charge in [-0.05, 0) is 44.4 Å². The number of aromatic amines is 1. The third-order valence-electron chi connectivity index (χ3n) is 7.29. The molecule has 6 rings (SSSR count). The van der Waals surface area contributed by atoms with E-state index in [1.54, 1.807) is 6.20 Å². The van der Waals surface area contributed by atoms with Gasteiger partial charge in [-0.15, -0.1) is 11.3 Å². The molecule has 9 nitrogen and oxygen atoms in total. The zero-order chi connectivity index (χ0) is 23.1. The molecule has 4 heterocycles. The molecule has 3 aromatic rings. The number of thiazole rings is 1. The number of H-pyrrole nitrogens is 1. The molecule has 1 saturated heterocycles. The Balaban J connectivity index is 1.27. The summed E-state index contributed by atoms with van der Waals surface area (Å²) in [5.74, 6) is 3.30. The van der Waals surface area contributed by atoms with Crippen LogP contribution in [0.5, 0.6) is 0 Å². The van der Waals surface area contributed by atoms with Crippen LogP contribution in [0.2, 0.25) is 0 Å². The lowest BCUT2D eigenvalue weighted by Gasteiger charge is -2.24. The quantitative estimate of drug-likeness (QED) is 0.481. The number of carbonyl (C=O) groups excluding carboxylic acids is 1. The SMILES string of the molecule is CC1Cc2nc(N3CCC[C@H]3C(=O)Nc3nccs3)nc(Nc3cc(C4CCCC4)[nH]n3)c2C1. The van der Waals surface area contributed by atoms with Crippen molar-refractivity contribution in [3.8, 4) is 0 Å². The van der Waals surface area contributed by atoms with Gasteiger partial charge in [-0.25, -0.2) is 9.97 Å². The van der Waals surface area contributed by atoms with Crippen LogP contribution in [0.1, 0.15) is 68.3 Å². The highest BCUT2D eigenvalue weighted by Crippen LogP contribution is 2.36. The zero-order valence-corrected chi connectivity index (χ0v) is 20.2. The van der Waals surface area contributed by atoms with Crippen molar-refractivity contribution in [1.82, 2.24) is 25.1 Å². The van der Waals surface area contributed by atoms with Gasteiger partial charge >= 0.3 is 0 Å². The fourth-order valence-electron chi connectivity index (χ4n) is 5.60. The van der Waals surface area contributed by atoms with Crippen LogP contribution in [0.3, 0.4) is 0 Å². The Morgan fingerprint density at radius 3 is 2.88 bits per heavy atom. The standard InChI is InChI=1S/C24H30N8OS/c1-14-11-16-18(12-14)26-23(32-9-4-7-19(32)22(33)29-24-25-8-10-34-24)28-21(16)27-20-13-17(30-31-20)15-5-2-3-6-15/h8,10,13-15,19H,2-7,9,11-12H2,1H3,(H,25,29,33)(H2,26,27,28,30,31)/t14?,19-/m0/s1. The molecule has 0 bridgehead atoms. The Hall–Kier alpha value is -3.01. The van der Waals surface area contributed by atoms with Crippen molar-refractivity contribution < 1.29 is 4.79 Å². The van der Waals surface area contributed by atoms with Gasteiger partial charge in [0.05, 0.1) is 5.69 Å². The monoisotopic (exact) mass is 478 g/mol. The second-order valence-corrected chi connectivity index (χ2v) is 10.7. The van der Waals surface area contributed by atoms with Gasteiger partial charge in [0.2, 0.25) is 11.9 Å². The van der Waals surface area contributed by atoms with E-state index < -0.39 is 0 Å². The third-order valence-corrected chi connectivity index (χ3v) is 7.98. The van der Waals surface area contributed by atoms with Gasteiger partial charge in [0, 0.05) is 41.4 Å². The number of nitrogens with zero attached hydrogens (tertiary/aromatic N) is 5. The highest BCUT2D eigenvalue weighted by molar-refractivity contribution is 7.13. The first-order chi connectivity index (χ1) is 16.6. The van der Waals surface area contributed by atoms with Gasteiger partial charge in [-0.2, -0.15) is 10.1 Å². The molecule has 1 amide bonds. The summed E-state index contributed by atoms with van der Waals surface area (Å²) in [6.45, 7) is 3.01. The summed E-state index contributed by atoms with van der Waals surface area (Å²) in [5, 5.41) is 16.7. The number of rotatable bonds is 6. The van der Waals surface area contributed by atoms with E-state index in [1.165, 1.54) is 48.3 Å². The summed E-state index contributed by atoms with van der Waals surface area (Å²) in [6.07, 6.45) is 10.3. The molecule has 3 N–H and O–H groups in total. The van der Waals surface area contributed by atoms with Crippen molar-refractivity contribution in [2.24, 2.45) is 5.92 Å². The lowest BCUT2D eigenvalue weighted by molar-refractivity contribution is -0.117. The van der Waals surface area contributed by atoms with Crippen LogP contribution in [0, 0.1) is 5.92 Å². The van der Waals surface area contributed by atoms with E-state index in [0.29, 0.717) is 22.9 Å². The largest absolute Gasteiger partial charge is 0.329 e. The molecule has 3 aliphatic rings. The van der Waals surface area contributed by atoms with Crippen LogP contribution in [-0.2, 0) is 17.6 Å². The Labute approximate surface area is 202 Å². The number of fused-ring (bicyclic) bond motifs is 1. The normalized spacial score (nSPS) is 22.3. The van der Waals surface area contributed by atoms with E-state index in [2.05, 4.69) is 38.8 Å². The molecule has 10 heteroatoms. The lowest BCUT2D eigenvalue weighted by Crippen LogP contribution is -2.40. The second-order valence-electron chi connectivity index (χ2n) is 9.80. The van der Waals surface area contributed by atoms with Gasteiger partial charge in [-0.3, -0.25) is 9.89 Å². The fraction of sp³-hybridized carbons (Fsp3) is 0.542. The van der Waals surface area contributed by atoms with Crippen LogP contribution in [0.15, 0.2) is 17.6 Å². The minimum Gasteiger partial charge on any atom is -0.329 e. The van der Waals surface area contributed by atoms with Gasteiger partial charge in [-0.1, -0.05) is 19.8 Å². The zero-order valence-electron chi connectivity index (χ0n) is 19.4. The van der Waals surface area contributed by atoms with Crippen molar-refractivity contribution in [3.63, 3.8) is 0 Å². The lowest BCUT2D eigenvalue weighted by atomic mass is 10.0. The molecule has 1 saturated carbocycles. The summed E-state index contributed by atoms with van der Waals surface area (Å²) >= 11 is 1.43. The van der Waals surface area contributed by atoms with Gasteiger partial charge in [0.15, 0.2) is 10.9 Å². The highest BCUT2D eigenvalue weighted by atomic mass is 32.1. The van der Waals surface area contributed by atoms with Gasteiger partial charge < -0.3 is 15.5 Å². The summed E-state index contributed by atoms with van der Waals surface area (Å²) in [6, 6.07) is 1.83. The third kappa shape index (κ3) is 4.15. The fourth-order valence-corrected chi connectivity index (χ4v) is 6.14. The minimum atomic E-state index is -0.298. The Kier molecular flexibility index (Phi) is 5.68.